The van der Waals surface area contributed by atoms with Crippen LogP contribution in [0.1, 0.15) is 38.9 Å². The monoisotopic (exact) mass is 356 g/mol. The quantitative estimate of drug-likeness (QED) is 0.766. The van der Waals surface area contributed by atoms with E-state index in [0.717, 1.165) is 21.5 Å². The normalized spacial score (nSPS) is 23.5. The van der Waals surface area contributed by atoms with Crippen LogP contribution in [0.25, 0.3) is 11.2 Å². The van der Waals surface area contributed by atoms with E-state index in [4.69, 9.17) is 11.6 Å². The number of alkyl halides is 1. The number of hydrogen-bond acceptors (Lipinski definition) is 3. The summed E-state index contributed by atoms with van der Waals surface area (Å²) in [5.74, 6) is 1.26. The fourth-order valence-corrected chi connectivity index (χ4v) is 3.60. The van der Waals surface area contributed by atoms with Gasteiger partial charge < -0.3 is 5.01 Å². The van der Waals surface area contributed by atoms with Crippen molar-refractivity contribution in [2.24, 2.45) is 0 Å². The Labute approximate surface area is 132 Å². The lowest BCUT2D eigenvalue weighted by atomic mass is 10.00. The Balaban J connectivity index is 2.18. The highest BCUT2D eigenvalue weighted by atomic mass is 79.9. The topological polar surface area (TPSA) is 34.0 Å². The lowest BCUT2D eigenvalue weighted by Crippen LogP contribution is -2.51. The average molecular weight is 358 g/mol. The fraction of sp³-hybridized carbons (Fsp3) is 0.571. The lowest BCUT2D eigenvalue weighted by molar-refractivity contribution is 0.336. The molecule has 3 rings (SSSR count). The van der Waals surface area contributed by atoms with Crippen molar-refractivity contribution < 1.29 is 0 Å². The highest BCUT2D eigenvalue weighted by Crippen LogP contribution is 2.26. The molecule has 6 heteroatoms. The van der Waals surface area contributed by atoms with Crippen molar-refractivity contribution in [2.45, 2.75) is 51.1 Å². The summed E-state index contributed by atoms with van der Waals surface area (Å²) < 4.78 is 3.07. The molecule has 1 aliphatic heterocycles. The predicted octanol–water partition coefficient (Wildman–Crippen LogP) is 3.83. The molecule has 1 saturated heterocycles. The van der Waals surface area contributed by atoms with Gasteiger partial charge >= 0.3 is 0 Å². The Morgan fingerprint density at radius 1 is 1.35 bits per heavy atom. The summed E-state index contributed by atoms with van der Waals surface area (Å²) >= 11 is 9.56. The first-order chi connectivity index (χ1) is 9.61. The number of aromatic nitrogens is 3. The lowest BCUT2D eigenvalue weighted by Gasteiger charge is -2.41. The van der Waals surface area contributed by atoms with Gasteiger partial charge in [-0.3, -0.25) is 0 Å². The molecule has 3 heterocycles. The van der Waals surface area contributed by atoms with Gasteiger partial charge in [-0.05, 0) is 55.1 Å². The van der Waals surface area contributed by atoms with Gasteiger partial charge in [-0.25, -0.2) is 14.6 Å². The number of nitrogens with zero attached hydrogens (tertiary/aromatic N) is 4. The van der Waals surface area contributed by atoms with E-state index in [1.807, 2.05) is 12.3 Å². The van der Waals surface area contributed by atoms with Gasteiger partial charge in [0.15, 0.2) is 5.65 Å². The van der Waals surface area contributed by atoms with Crippen molar-refractivity contribution in [3.8, 4) is 0 Å². The SMILES string of the molecule is CC1CCCC(C)N1n1c(CCl)nc2cc(Br)cnc21. The van der Waals surface area contributed by atoms with Crippen LogP contribution in [-0.4, -0.2) is 26.7 Å². The molecule has 4 nitrogen and oxygen atoms in total. The van der Waals surface area contributed by atoms with Crippen molar-refractivity contribution in [2.75, 3.05) is 5.01 Å². The molecule has 0 amide bonds. The van der Waals surface area contributed by atoms with Gasteiger partial charge in [0.2, 0.25) is 0 Å². The first kappa shape index (κ1) is 14.1. The first-order valence-electron chi connectivity index (χ1n) is 6.99. The number of hydrogen-bond donors (Lipinski definition) is 0. The summed E-state index contributed by atoms with van der Waals surface area (Å²) in [5, 5.41) is 2.39. The molecule has 1 fully saturated rings. The third-order valence-corrected chi connectivity index (χ3v) is 4.68. The number of piperidine rings is 1. The summed E-state index contributed by atoms with van der Waals surface area (Å²) in [6.45, 7) is 4.52. The minimum atomic E-state index is 0.393. The second kappa shape index (κ2) is 5.53. The number of imidazole rings is 1. The molecule has 108 valence electrons. The zero-order valence-corrected chi connectivity index (χ0v) is 14.0. The molecule has 2 aromatic heterocycles. The van der Waals surface area contributed by atoms with Crippen molar-refractivity contribution in [3.05, 3.63) is 22.6 Å². The molecular formula is C14H18BrClN4. The molecule has 0 aliphatic carbocycles. The Bertz CT molecular complexity index is 617. The second-order valence-corrected chi connectivity index (χ2v) is 6.66. The van der Waals surface area contributed by atoms with Gasteiger partial charge in [0.1, 0.15) is 11.3 Å². The maximum Gasteiger partial charge on any atom is 0.179 e. The number of fused-ring (bicyclic) bond motifs is 1. The largest absolute Gasteiger partial charge is 0.304 e. The van der Waals surface area contributed by atoms with Gasteiger partial charge in [-0.15, -0.1) is 11.6 Å². The molecule has 0 bridgehead atoms. The molecule has 2 aromatic rings. The van der Waals surface area contributed by atoms with E-state index in [1.54, 1.807) is 0 Å². The molecular weight excluding hydrogens is 340 g/mol. The number of pyridine rings is 1. The zero-order valence-electron chi connectivity index (χ0n) is 11.7. The summed E-state index contributed by atoms with van der Waals surface area (Å²) in [4.78, 5) is 9.18. The molecule has 0 radical (unpaired) electrons. The number of rotatable bonds is 2. The fourth-order valence-electron chi connectivity index (χ4n) is 3.11. The Hall–Kier alpha value is -0.810. The second-order valence-electron chi connectivity index (χ2n) is 5.48. The van der Waals surface area contributed by atoms with Gasteiger partial charge in [-0.1, -0.05) is 0 Å². The maximum absolute atomic E-state index is 6.11. The molecule has 0 saturated carbocycles. The van der Waals surface area contributed by atoms with Crippen LogP contribution in [0.3, 0.4) is 0 Å². The Morgan fingerprint density at radius 2 is 2.05 bits per heavy atom. The van der Waals surface area contributed by atoms with Crippen molar-refractivity contribution in [3.63, 3.8) is 0 Å². The van der Waals surface area contributed by atoms with Crippen molar-refractivity contribution in [1.82, 2.24) is 14.6 Å². The summed E-state index contributed by atoms with van der Waals surface area (Å²) in [6, 6.07) is 2.95. The minimum absolute atomic E-state index is 0.393. The predicted molar refractivity (Wildman–Crippen MR) is 85.8 cm³/mol. The summed E-state index contributed by atoms with van der Waals surface area (Å²) in [7, 11) is 0. The van der Waals surface area contributed by atoms with Crippen LogP contribution in [0.5, 0.6) is 0 Å². The molecule has 0 aromatic carbocycles. The van der Waals surface area contributed by atoms with Crippen LogP contribution in [0.4, 0.5) is 0 Å². The molecule has 20 heavy (non-hydrogen) atoms. The van der Waals surface area contributed by atoms with Gasteiger partial charge in [0, 0.05) is 22.8 Å². The third kappa shape index (κ3) is 2.31. The van der Waals surface area contributed by atoms with Crippen molar-refractivity contribution in [1.29, 1.82) is 0 Å². The van der Waals surface area contributed by atoms with Crippen LogP contribution in [0, 0.1) is 0 Å². The smallest absolute Gasteiger partial charge is 0.179 e. The van der Waals surface area contributed by atoms with E-state index in [2.05, 4.69) is 49.4 Å². The van der Waals surface area contributed by atoms with Crippen LogP contribution in [-0.2, 0) is 5.88 Å². The van der Waals surface area contributed by atoms with Gasteiger partial charge in [0.05, 0.1) is 5.88 Å². The Morgan fingerprint density at radius 3 is 2.70 bits per heavy atom. The van der Waals surface area contributed by atoms with E-state index >= 15 is 0 Å². The van der Waals surface area contributed by atoms with Crippen LogP contribution < -0.4 is 5.01 Å². The van der Waals surface area contributed by atoms with Crippen molar-refractivity contribution >= 4 is 38.7 Å². The van der Waals surface area contributed by atoms with Crippen LogP contribution in [0.15, 0.2) is 16.7 Å². The highest BCUT2D eigenvalue weighted by molar-refractivity contribution is 9.10. The average Bonchev–Trinajstić information content (AvgIpc) is 2.76. The van der Waals surface area contributed by atoms with E-state index < -0.39 is 0 Å². The summed E-state index contributed by atoms with van der Waals surface area (Å²) in [5.41, 5.74) is 1.78. The Kier molecular flexibility index (Phi) is 3.91. The maximum atomic E-state index is 6.11. The number of halogens is 2. The first-order valence-corrected chi connectivity index (χ1v) is 8.32. The molecule has 0 N–H and O–H groups in total. The van der Waals surface area contributed by atoms with E-state index in [1.165, 1.54) is 19.3 Å². The molecule has 1 aliphatic rings. The standard InChI is InChI=1S/C14H18BrClN4/c1-9-4-3-5-10(2)19(9)20-13(7-16)18-12-6-11(15)8-17-14(12)20/h6,8-10H,3-5,7H2,1-2H3. The third-order valence-electron chi connectivity index (χ3n) is 4.01. The molecule has 2 atom stereocenters. The molecule has 0 spiro atoms. The van der Waals surface area contributed by atoms with Gasteiger partial charge in [-0.2, -0.15) is 0 Å². The van der Waals surface area contributed by atoms with E-state index in [-0.39, 0.29) is 0 Å². The van der Waals surface area contributed by atoms with Crippen LogP contribution in [0.2, 0.25) is 0 Å². The van der Waals surface area contributed by atoms with E-state index in [0.29, 0.717) is 18.0 Å². The minimum Gasteiger partial charge on any atom is -0.304 e. The van der Waals surface area contributed by atoms with E-state index in [9.17, 15) is 0 Å². The summed E-state index contributed by atoms with van der Waals surface area (Å²) in [6.07, 6.45) is 5.49. The molecule has 2 unspecified atom stereocenters. The zero-order chi connectivity index (χ0) is 14.3. The highest BCUT2D eigenvalue weighted by Gasteiger charge is 2.28. The van der Waals surface area contributed by atoms with Crippen LogP contribution >= 0.6 is 27.5 Å². The van der Waals surface area contributed by atoms with Gasteiger partial charge in [0.25, 0.3) is 0 Å².